The van der Waals surface area contributed by atoms with Crippen LogP contribution in [0.15, 0.2) is 47.4 Å². The Morgan fingerprint density at radius 3 is 2.32 bits per heavy atom. The lowest BCUT2D eigenvalue weighted by atomic mass is 10.2. The maximum absolute atomic E-state index is 12.3. The number of nitrogens with two attached hydrogens (primary N) is 1. The van der Waals surface area contributed by atoms with Crippen molar-refractivity contribution < 1.29 is 8.42 Å². The molecule has 0 spiro atoms. The lowest BCUT2D eigenvalue weighted by Gasteiger charge is -2.07. The molecule has 100 valence electrons. The summed E-state index contributed by atoms with van der Waals surface area (Å²) in [6, 6.07) is 11.5. The number of hydrogen-bond acceptors (Lipinski definition) is 3. The first kappa shape index (κ1) is 13.9. The van der Waals surface area contributed by atoms with Gasteiger partial charge in [-0.25, -0.2) is 8.42 Å². The van der Waals surface area contributed by atoms with E-state index in [1.165, 1.54) is 12.1 Å². The second-order valence-corrected chi connectivity index (χ2v) is 6.82. The van der Waals surface area contributed by atoms with E-state index in [0.717, 1.165) is 5.56 Å². The molecule has 5 heteroatoms. The van der Waals surface area contributed by atoms with Crippen LogP contribution in [0.4, 0.5) is 5.69 Å². The average molecular weight is 296 g/mol. The van der Waals surface area contributed by atoms with Crippen LogP contribution >= 0.6 is 11.6 Å². The van der Waals surface area contributed by atoms with Crippen molar-refractivity contribution in [1.82, 2.24) is 0 Å². The summed E-state index contributed by atoms with van der Waals surface area (Å²) < 4.78 is 24.5. The quantitative estimate of drug-likeness (QED) is 0.885. The third-order valence-corrected chi connectivity index (χ3v) is 4.83. The number of nitrogen functional groups attached to an aromatic ring is 1. The molecule has 2 rings (SSSR count). The monoisotopic (exact) mass is 295 g/mol. The van der Waals surface area contributed by atoms with Crippen LogP contribution in [-0.2, 0) is 15.6 Å². The molecule has 0 saturated heterocycles. The van der Waals surface area contributed by atoms with E-state index in [1.807, 2.05) is 13.0 Å². The lowest BCUT2D eigenvalue weighted by molar-refractivity contribution is 0.595. The SMILES string of the molecule is Cc1ccc(CS(=O)(=O)c2ccc(N)cc2)c(Cl)c1. The minimum atomic E-state index is -3.41. The highest BCUT2D eigenvalue weighted by atomic mass is 35.5. The maximum atomic E-state index is 12.3. The fourth-order valence-electron chi connectivity index (χ4n) is 1.73. The van der Waals surface area contributed by atoms with E-state index in [9.17, 15) is 8.42 Å². The molecule has 0 amide bonds. The van der Waals surface area contributed by atoms with Gasteiger partial charge in [0.05, 0.1) is 10.6 Å². The molecule has 3 nitrogen and oxygen atoms in total. The molecule has 19 heavy (non-hydrogen) atoms. The molecular formula is C14H14ClNO2S. The van der Waals surface area contributed by atoms with E-state index in [-0.39, 0.29) is 10.6 Å². The molecule has 0 aliphatic rings. The van der Waals surface area contributed by atoms with Gasteiger partial charge in [-0.3, -0.25) is 0 Å². The van der Waals surface area contributed by atoms with Gasteiger partial charge in [0.15, 0.2) is 9.84 Å². The molecular weight excluding hydrogens is 282 g/mol. The zero-order valence-electron chi connectivity index (χ0n) is 10.4. The summed E-state index contributed by atoms with van der Waals surface area (Å²) in [6.07, 6.45) is 0. The second-order valence-electron chi connectivity index (χ2n) is 4.42. The van der Waals surface area contributed by atoms with Gasteiger partial charge in [-0.15, -0.1) is 0 Å². The number of anilines is 1. The van der Waals surface area contributed by atoms with Gasteiger partial charge in [-0.05, 0) is 48.4 Å². The predicted octanol–water partition coefficient (Wildman–Crippen LogP) is 3.20. The van der Waals surface area contributed by atoms with E-state index >= 15 is 0 Å². The van der Waals surface area contributed by atoms with Gasteiger partial charge in [0.1, 0.15) is 0 Å². The Kier molecular flexibility index (Phi) is 3.83. The minimum absolute atomic E-state index is 0.115. The zero-order chi connectivity index (χ0) is 14.0. The molecule has 0 heterocycles. The fourth-order valence-corrected chi connectivity index (χ4v) is 3.49. The molecule has 2 aromatic rings. The molecule has 0 unspecified atom stereocenters. The molecule has 0 aliphatic heterocycles. The first-order valence-corrected chi connectivity index (χ1v) is 7.75. The van der Waals surface area contributed by atoms with Crippen LogP contribution in [-0.4, -0.2) is 8.42 Å². The van der Waals surface area contributed by atoms with Crippen LogP contribution in [0.3, 0.4) is 0 Å². The van der Waals surface area contributed by atoms with Crippen molar-refractivity contribution in [3.63, 3.8) is 0 Å². The fraction of sp³-hybridized carbons (Fsp3) is 0.143. The van der Waals surface area contributed by atoms with Crippen LogP contribution in [0.2, 0.25) is 5.02 Å². The van der Waals surface area contributed by atoms with Gasteiger partial charge in [0.25, 0.3) is 0 Å². The van der Waals surface area contributed by atoms with Crippen molar-refractivity contribution in [3.8, 4) is 0 Å². The number of aryl methyl sites for hydroxylation is 1. The lowest BCUT2D eigenvalue weighted by Crippen LogP contribution is -2.05. The number of halogens is 1. The van der Waals surface area contributed by atoms with Gasteiger partial charge < -0.3 is 5.73 Å². The number of benzene rings is 2. The Bertz CT molecular complexity index is 694. The van der Waals surface area contributed by atoms with Gasteiger partial charge in [-0.2, -0.15) is 0 Å². The Labute approximate surface area is 117 Å². The number of sulfone groups is 1. The Hall–Kier alpha value is -1.52. The van der Waals surface area contributed by atoms with Crippen LogP contribution in [0.1, 0.15) is 11.1 Å². The van der Waals surface area contributed by atoms with Crippen LogP contribution in [0.25, 0.3) is 0 Å². The largest absolute Gasteiger partial charge is 0.399 e. The smallest absolute Gasteiger partial charge is 0.182 e. The molecule has 0 saturated carbocycles. The zero-order valence-corrected chi connectivity index (χ0v) is 12.0. The predicted molar refractivity (Wildman–Crippen MR) is 77.9 cm³/mol. The third kappa shape index (κ3) is 3.28. The summed E-state index contributed by atoms with van der Waals surface area (Å²) in [7, 11) is -3.41. The van der Waals surface area contributed by atoms with Gasteiger partial charge >= 0.3 is 0 Å². The summed E-state index contributed by atoms with van der Waals surface area (Å²) in [5.74, 6) is -0.115. The second kappa shape index (κ2) is 5.23. The Morgan fingerprint density at radius 2 is 1.74 bits per heavy atom. The molecule has 2 aromatic carbocycles. The molecule has 0 radical (unpaired) electrons. The number of hydrogen-bond donors (Lipinski definition) is 1. The van der Waals surface area contributed by atoms with Crippen molar-refractivity contribution in [2.45, 2.75) is 17.6 Å². The first-order chi connectivity index (χ1) is 8.88. The van der Waals surface area contributed by atoms with Crippen molar-refractivity contribution in [2.24, 2.45) is 0 Å². The summed E-state index contributed by atoms with van der Waals surface area (Å²) in [5, 5.41) is 0.471. The Morgan fingerprint density at radius 1 is 1.11 bits per heavy atom. The molecule has 2 N–H and O–H groups in total. The first-order valence-electron chi connectivity index (χ1n) is 5.72. The van der Waals surface area contributed by atoms with E-state index in [2.05, 4.69) is 0 Å². The highest BCUT2D eigenvalue weighted by molar-refractivity contribution is 7.90. The minimum Gasteiger partial charge on any atom is -0.399 e. The highest BCUT2D eigenvalue weighted by Crippen LogP contribution is 2.23. The topological polar surface area (TPSA) is 60.2 Å². The number of rotatable bonds is 3. The molecule has 0 fully saturated rings. The summed E-state index contributed by atoms with van der Waals surface area (Å²) in [4.78, 5) is 0.248. The van der Waals surface area contributed by atoms with E-state index < -0.39 is 9.84 Å². The van der Waals surface area contributed by atoms with Crippen molar-refractivity contribution >= 4 is 27.1 Å². The summed E-state index contributed by atoms with van der Waals surface area (Å²) in [6.45, 7) is 1.91. The average Bonchev–Trinajstić information content (AvgIpc) is 2.33. The summed E-state index contributed by atoms with van der Waals surface area (Å²) in [5.41, 5.74) is 7.68. The molecule has 0 atom stereocenters. The van der Waals surface area contributed by atoms with Gasteiger partial charge in [0.2, 0.25) is 0 Å². The molecule has 0 aromatic heterocycles. The van der Waals surface area contributed by atoms with Crippen molar-refractivity contribution in [2.75, 3.05) is 5.73 Å². The normalized spacial score (nSPS) is 11.5. The van der Waals surface area contributed by atoms with Crippen LogP contribution in [0.5, 0.6) is 0 Å². The van der Waals surface area contributed by atoms with Gasteiger partial charge in [0, 0.05) is 10.7 Å². The Balaban J connectivity index is 2.33. The van der Waals surface area contributed by atoms with Crippen molar-refractivity contribution in [3.05, 3.63) is 58.6 Å². The van der Waals surface area contributed by atoms with Crippen LogP contribution in [0, 0.1) is 6.92 Å². The maximum Gasteiger partial charge on any atom is 0.182 e. The molecule has 0 bridgehead atoms. The standard InChI is InChI=1S/C14H14ClNO2S/c1-10-2-3-11(14(15)8-10)9-19(17,18)13-6-4-12(16)5-7-13/h2-8H,9,16H2,1H3. The highest BCUT2D eigenvalue weighted by Gasteiger charge is 2.16. The van der Waals surface area contributed by atoms with Gasteiger partial charge in [-0.1, -0.05) is 23.7 Å². The van der Waals surface area contributed by atoms with E-state index in [4.69, 9.17) is 17.3 Å². The van der Waals surface area contributed by atoms with Crippen LogP contribution < -0.4 is 5.73 Å². The summed E-state index contributed by atoms with van der Waals surface area (Å²) >= 11 is 6.06. The van der Waals surface area contributed by atoms with E-state index in [0.29, 0.717) is 16.3 Å². The molecule has 0 aliphatic carbocycles. The third-order valence-electron chi connectivity index (χ3n) is 2.79. The van der Waals surface area contributed by atoms with E-state index in [1.54, 1.807) is 24.3 Å². The van der Waals surface area contributed by atoms with Crippen molar-refractivity contribution in [1.29, 1.82) is 0 Å².